The Bertz CT molecular complexity index is 923. The Morgan fingerprint density at radius 1 is 1.20 bits per heavy atom. The molecule has 2 amide bonds. The number of nitrogens with zero attached hydrogens (tertiary/aromatic N) is 1. The van der Waals surface area contributed by atoms with Gasteiger partial charge in [-0.15, -0.1) is 6.58 Å². The molecular formula is C22H25N3O5. The summed E-state index contributed by atoms with van der Waals surface area (Å²) in [6.07, 6.45) is 4.32. The molecule has 158 valence electrons. The Labute approximate surface area is 175 Å². The van der Waals surface area contributed by atoms with Crippen LogP contribution in [0.15, 0.2) is 54.2 Å². The molecule has 2 aromatic carbocycles. The molecule has 3 N–H and O–H groups in total. The van der Waals surface area contributed by atoms with E-state index in [1.807, 2.05) is 6.92 Å². The lowest BCUT2D eigenvalue weighted by Crippen LogP contribution is -2.32. The SMILES string of the molecule is C=CCc1cc(/C=N/NC(=O)C(=O)Nc2ccc(OCCC)cc2)cc(OC)c1O. The molecule has 8 nitrogen and oxygen atoms in total. The van der Waals surface area contributed by atoms with Crippen molar-refractivity contribution < 1.29 is 24.2 Å². The van der Waals surface area contributed by atoms with Crippen LogP contribution in [0.3, 0.4) is 0 Å². The number of phenolic OH excluding ortho intramolecular Hbond substituents is 1. The number of aromatic hydroxyl groups is 1. The number of hydrazone groups is 1. The summed E-state index contributed by atoms with van der Waals surface area (Å²) in [6, 6.07) is 9.94. The van der Waals surface area contributed by atoms with Crippen LogP contribution < -0.4 is 20.2 Å². The minimum atomic E-state index is -0.922. The predicted molar refractivity (Wildman–Crippen MR) is 115 cm³/mol. The van der Waals surface area contributed by atoms with Gasteiger partial charge in [0.25, 0.3) is 0 Å². The van der Waals surface area contributed by atoms with Crippen molar-refractivity contribution in [3.05, 3.63) is 60.2 Å². The van der Waals surface area contributed by atoms with E-state index in [9.17, 15) is 14.7 Å². The van der Waals surface area contributed by atoms with Crippen molar-refractivity contribution in [1.29, 1.82) is 0 Å². The van der Waals surface area contributed by atoms with E-state index in [1.165, 1.54) is 13.3 Å². The van der Waals surface area contributed by atoms with Crippen LogP contribution in [-0.2, 0) is 16.0 Å². The number of phenols is 1. The lowest BCUT2D eigenvalue weighted by Gasteiger charge is -2.09. The predicted octanol–water partition coefficient (Wildman–Crippen LogP) is 3.01. The van der Waals surface area contributed by atoms with Gasteiger partial charge in [-0.3, -0.25) is 9.59 Å². The van der Waals surface area contributed by atoms with Crippen LogP contribution in [-0.4, -0.2) is 36.9 Å². The smallest absolute Gasteiger partial charge is 0.329 e. The summed E-state index contributed by atoms with van der Waals surface area (Å²) in [7, 11) is 1.43. The minimum absolute atomic E-state index is 0.0177. The van der Waals surface area contributed by atoms with Gasteiger partial charge in [0.1, 0.15) is 5.75 Å². The fourth-order valence-corrected chi connectivity index (χ4v) is 2.49. The van der Waals surface area contributed by atoms with Gasteiger partial charge in [-0.2, -0.15) is 5.10 Å². The van der Waals surface area contributed by atoms with E-state index in [0.29, 0.717) is 35.6 Å². The summed E-state index contributed by atoms with van der Waals surface area (Å²) < 4.78 is 10.6. The normalized spacial score (nSPS) is 10.5. The van der Waals surface area contributed by atoms with E-state index in [2.05, 4.69) is 22.4 Å². The summed E-state index contributed by atoms with van der Waals surface area (Å²) >= 11 is 0. The second-order valence-electron chi connectivity index (χ2n) is 6.25. The van der Waals surface area contributed by atoms with E-state index in [0.717, 1.165) is 6.42 Å². The summed E-state index contributed by atoms with van der Waals surface area (Å²) in [5.74, 6) is -0.806. The molecule has 0 aliphatic carbocycles. The molecule has 0 spiro atoms. The highest BCUT2D eigenvalue weighted by Gasteiger charge is 2.13. The van der Waals surface area contributed by atoms with Gasteiger partial charge in [-0.05, 0) is 54.8 Å². The van der Waals surface area contributed by atoms with Crippen molar-refractivity contribution in [3.63, 3.8) is 0 Å². The number of carbonyl (C=O) groups excluding carboxylic acids is 2. The first-order chi connectivity index (χ1) is 14.5. The first-order valence-electron chi connectivity index (χ1n) is 9.36. The molecule has 0 bridgehead atoms. The van der Waals surface area contributed by atoms with Crippen LogP contribution in [0.5, 0.6) is 17.2 Å². The third-order valence-electron chi connectivity index (χ3n) is 3.93. The average molecular weight is 411 g/mol. The number of benzene rings is 2. The Balaban J connectivity index is 1.96. The number of methoxy groups -OCH3 is 1. The van der Waals surface area contributed by atoms with E-state index >= 15 is 0 Å². The maximum atomic E-state index is 12.0. The van der Waals surface area contributed by atoms with Gasteiger partial charge < -0.3 is 19.9 Å². The highest BCUT2D eigenvalue weighted by molar-refractivity contribution is 6.39. The lowest BCUT2D eigenvalue weighted by molar-refractivity contribution is -0.136. The fourth-order valence-electron chi connectivity index (χ4n) is 2.49. The van der Waals surface area contributed by atoms with Gasteiger partial charge in [0, 0.05) is 11.3 Å². The largest absolute Gasteiger partial charge is 0.504 e. The Kier molecular flexibility index (Phi) is 8.43. The van der Waals surface area contributed by atoms with Gasteiger partial charge in [0.15, 0.2) is 11.5 Å². The summed E-state index contributed by atoms with van der Waals surface area (Å²) in [5, 5.41) is 16.4. The zero-order valence-electron chi connectivity index (χ0n) is 17.0. The number of hydrogen-bond acceptors (Lipinski definition) is 6. The van der Waals surface area contributed by atoms with Crippen molar-refractivity contribution in [2.24, 2.45) is 5.10 Å². The molecular weight excluding hydrogens is 386 g/mol. The summed E-state index contributed by atoms with van der Waals surface area (Å²) in [5.41, 5.74) is 3.80. The van der Waals surface area contributed by atoms with Crippen LogP contribution in [0, 0.1) is 0 Å². The molecule has 30 heavy (non-hydrogen) atoms. The van der Waals surface area contributed by atoms with Gasteiger partial charge in [0.2, 0.25) is 0 Å². The van der Waals surface area contributed by atoms with E-state index < -0.39 is 11.8 Å². The van der Waals surface area contributed by atoms with Crippen LogP contribution in [0.4, 0.5) is 5.69 Å². The molecule has 8 heteroatoms. The molecule has 0 aliphatic heterocycles. The van der Waals surface area contributed by atoms with E-state index in [4.69, 9.17) is 9.47 Å². The molecule has 0 saturated carbocycles. The number of amides is 2. The van der Waals surface area contributed by atoms with Gasteiger partial charge in [-0.1, -0.05) is 13.0 Å². The zero-order chi connectivity index (χ0) is 21.9. The van der Waals surface area contributed by atoms with Gasteiger partial charge in [0.05, 0.1) is 19.9 Å². The summed E-state index contributed by atoms with van der Waals surface area (Å²) in [4.78, 5) is 24.0. The van der Waals surface area contributed by atoms with Crippen molar-refractivity contribution in [3.8, 4) is 17.2 Å². The molecule has 2 rings (SSSR count). The van der Waals surface area contributed by atoms with Gasteiger partial charge >= 0.3 is 11.8 Å². The van der Waals surface area contributed by atoms with Crippen molar-refractivity contribution in [2.45, 2.75) is 19.8 Å². The number of ether oxygens (including phenoxy) is 2. The summed E-state index contributed by atoms with van der Waals surface area (Å²) in [6.45, 7) is 6.26. The van der Waals surface area contributed by atoms with Crippen LogP contribution in [0.2, 0.25) is 0 Å². The Morgan fingerprint density at radius 3 is 2.57 bits per heavy atom. The highest BCUT2D eigenvalue weighted by Crippen LogP contribution is 2.31. The first-order valence-corrected chi connectivity index (χ1v) is 9.36. The third kappa shape index (κ3) is 6.37. The molecule has 0 radical (unpaired) electrons. The molecule has 0 heterocycles. The number of hydrogen-bond donors (Lipinski definition) is 3. The quantitative estimate of drug-likeness (QED) is 0.254. The number of rotatable bonds is 9. The van der Waals surface area contributed by atoms with Crippen molar-refractivity contribution >= 4 is 23.7 Å². The number of carbonyl (C=O) groups is 2. The Hall–Kier alpha value is -3.81. The maximum absolute atomic E-state index is 12.0. The van der Waals surface area contributed by atoms with Crippen molar-refractivity contribution in [1.82, 2.24) is 5.43 Å². The third-order valence-corrected chi connectivity index (χ3v) is 3.93. The van der Waals surface area contributed by atoms with E-state index in [1.54, 1.807) is 42.5 Å². The van der Waals surface area contributed by atoms with Crippen LogP contribution in [0.25, 0.3) is 0 Å². The first kappa shape index (κ1) is 22.5. The molecule has 0 aromatic heterocycles. The number of anilines is 1. The van der Waals surface area contributed by atoms with Crippen LogP contribution in [0.1, 0.15) is 24.5 Å². The molecule has 0 atom stereocenters. The molecule has 0 unspecified atom stereocenters. The maximum Gasteiger partial charge on any atom is 0.329 e. The molecule has 0 aliphatic rings. The monoisotopic (exact) mass is 411 g/mol. The molecule has 0 saturated heterocycles. The standard InChI is InChI=1S/C22H25N3O5/c1-4-6-16-12-15(13-19(29-3)20(16)26)14-23-25-22(28)21(27)24-17-7-9-18(10-8-17)30-11-5-2/h4,7-10,12-14,26H,1,5-6,11H2,2-3H3,(H,24,27)(H,25,28)/b23-14+. The number of allylic oxidation sites excluding steroid dienone is 1. The zero-order valence-corrected chi connectivity index (χ0v) is 17.0. The van der Waals surface area contributed by atoms with Crippen LogP contribution >= 0.6 is 0 Å². The minimum Gasteiger partial charge on any atom is -0.504 e. The molecule has 2 aromatic rings. The Morgan fingerprint density at radius 2 is 1.93 bits per heavy atom. The second-order valence-corrected chi connectivity index (χ2v) is 6.25. The lowest BCUT2D eigenvalue weighted by atomic mass is 10.1. The fraction of sp³-hybridized carbons (Fsp3) is 0.227. The second kappa shape index (κ2) is 11.3. The van der Waals surface area contributed by atoms with Crippen molar-refractivity contribution in [2.75, 3.05) is 19.0 Å². The average Bonchev–Trinajstić information content (AvgIpc) is 2.75. The van der Waals surface area contributed by atoms with Gasteiger partial charge in [-0.25, -0.2) is 5.43 Å². The number of nitrogens with one attached hydrogen (secondary N) is 2. The van der Waals surface area contributed by atoms with E-state index in [-0.39, 0.29) is 11.5 Å². The highest BCUT2D eigenvalue weighted by atomic mass is 16.5. The molecule has 0 fully saturated rings. The topological polar surface area (TPSA) is 109 Å².